The zero-order valence-electron chi connectivity index (χ0n) is 15.0. The number of urea groups is 1. The highest BCUT2D eigenvalue weighted by atomic mass is 16.7. The normalized spacial score (nSPS) is 22.0. The van der Waals surface area contributed by atoms with Gasteiger partial charge in [-0.3, -0.25) is 9.69 Å². The predicted molar refractivity (Wildman–Crippen MR) is 92.7 cm³/mol. The number of nitrogens with one attached hydrogen (secondary N) is 1. The van der Waals surface area contributed by atoms with E-state index in [1.165, 1.54) is 4.90 Å². The largest absolute Gasteiger partial charge is 0.454 e. The Kier molecular flexibility index (Phi) is 4.85. The minimum absolute atomic E-state index is 0.178. The number of ether oxygens (including phenoxy) is 2. The molecular formula is C18H25N3O4. The minimum Gasteiger partial charge on any atom is -0.454 e. The Morgan fingerprint density at radius 2 is 1.92 bits per heavy atom. The fraction of sp³-hybridized carbons (Fsp3) is 0.556. The van der Waals surface area contributed by atoms with Crippen LogP contribution in [-0.4, -0.2) is 60.2 Å². The fourth-order valence-electron chi connectivity index (χ4n) is 3.31. The van der Waals surface area contributed by atoms with Crippen LogP contribution in [0.5, 0.6) is 11.5 Å². The van der Waals surface area contributed by atoms with Crippen LogP contribution in [0, 0.1) is 0 Å². The first-order valence-corrected chi connectivity index (χ1v) is 8.72. The molecule has 2 aliphatic heterocycles. The van der Waals surface area contributed by atoms with Gasteiger partial charge in [0.1, 0.15) is 5.54 Å². The summed E-state index contributed by atoms with van der Waals surface area (Å²) in [7, 11) is 0. The van der Waals surface area contributed by atoms with E-state index in [-0.39, 0.29) is 18.7 Å². The molecule has 0 spiro atoms. The van der Waals surface area contributed by atoms with Crippen molar-refractivity contribution in [3.63, 3.8) is 0 Å². The van der Waals surface area contributed by atoms with E-state index in [9.17, 15) is 9.59 Å². The number of rotatable bonds is 7. The Morgan fingerprint density at radius 3 is 2.64 bits per heavy atom. The Bertz CT molecular complexity index is 674. The van der Waals surface area contributed by atoms with Crippen LogP contribution >= 0.6 is 0 Å². The molecule has 0 aliphatic carbocycles. The first kappa shape index (κ1) is 17.5. The van der Waals surface area contributed by atoms with E-state index in [4.69, 9.17) is 9.47 Å². The molecule has 2 aliphatic rings. The minimum atomic E-state index is -0.936. The lowest BCUT2D eigenvalue weighted by Crippen LogP contribution is -2.46. The molecule has 1 aromatic carbocycles. The number of nitrogens with zero attached hydrogens (tertiary/aromatic N) is 2. The van der Waals surface area contributed by atoms with Gasteiger partial charge in [-0.05, 0) is 37.7 Å². The maximum absolute atomic E-state index is 12.8. The molecule has 3 rings (SSSR count). The highest BCUT2D eigenvalue weighted by molar-refractivity contribution is 6.07. The molecule has 1 aromatic rings. The molecule has 0 saturated carbocycles. The van der Waals surface area contributed by atoms with Gasteiger partial charge in [0.25, 0.3) is 5.91 Å². The van der Waals surface area contributed by atoms with Crippen molar-refractivity contribution in [3.05, 3.63) is 23.8 Å². The number of carbonyl (C=O) groups excluding carboxylic acids is 2. The van der Waals surface area contributed by atoms with Gasteiger partial charge in [-0.25, -0.2) is 4.79 Å². The number of amides is 3. The standard InChI is InChI=1S/C18H25N3O4/c1-4-20(5-2)8-9-21-16(22)18(3,19-17(21)23)11-13-6-7-14-15(10-13)25-12-24-14/h6-7,10H,4-5,8-9,11-12H2,1-3H3,(H,19,23). The summed E-state index contributed by atoms with van der Waals surface area (Å²) in [6.07, 6.45) is 0.413. The Labute approximate surface area is 147 Å². The summed E-state index contributed by atoms with van der Waals surface area (Å²) in [5.41, 5.74) is -0.0143. The lowest BCUT2D eigenvalue weighted by molar-refractivity contribution is -0.130. The summed E-state index contributed by atoms with van der Waals surface area (Å²) in [6.45, 7) is 9.01. The molecule has 7 nitrogen and oxygen atoms in total. The first-order chi connectivity index (χ1) is 12.0. The van der Waals surface area contributed by atoms with E-state index in [2.05, 4.69) is 24.1 Å². The maximum Gasteiger partial charge on any atom is 0.325 e. The van der Waals surface area contributed by atoms with Crippen LogP contribution < -0.4 is 14.8 Å². The molecule has 136 valence electrons. The topological polar surface area (TPSA) is 71.1 Å². The molecular weight excluding hydrogens is 322 g/mol. The average molecular weight is 347 g/mol. The molecule has 1 N–H and O–H groups in total. The third-order valence-corrected chi connectivity index (χ3v) is 4.87. The van der Waals surface area contributed by atoms with Gasteiger partial charge in [0.15, 0.2) is 11.5 Å². The Hall–Kier alpha value is -2.28. The average Bonchev–Trinajstić information content (AvgIpc) is 3.13. The second kappa shape index (κ2) is 6.92. The molecule has 0 radical (unpaired) electrons. The van der Waals surface area contributed by atoms with E-state index >= 15 is 0 Å². The summed E-state index contributed by atoms with van der Waals surface area (Å²) < 4.78 is 10.7. The van der Waals surface area contributed by atoms with Crippen LogP contribution in [0.15, 0.2) is 18.2 Å². The number of hydrogen-bond donors (Lipinski definition) is 1. The third kappa shape index (κ3) is 3.42. The van der Waals surface area contributed by atoms with E-state index in [0.717, 1.165) is 18.7 Å². The van der Waals surface area contributed by atoms with E-state index in [1.54, 1.807) is 6.92 Å². The zero-order valence-corrected chi connectivity index (χ0v) is 15.0. The summed E-state index contributed by atoms with van der Waals surface area (Å²) >= 11 is 0. The first-order valence-electron chi connectivity index (χ1n) is 8.72. The van der Waals surface area contributed by atoms with E-state index in [0.29, 0.717) is 31.0 Å². The van der Waals surface area contributed by atoms with Gasteiger partial charge in [0.2, 0.25) is 6.79 Å². The van der Waals surface area contributed by atoms with Crippen LogP contribution in [-0.2, 0) is 11.2 Å². The molecule has 1 fully saturated rings. The van der Waals surface area contributed by atoms with Crippen molar-refractivity contribution >= 4 is 11.9 Å². The lowest BCUT2D eigenvalue weighted by atomic mass is 9.92. The van der Waals surface area contributed by atoms with Gasteiger partial charge >= 0.3 is 6.03 Å². The quantitative estimate of drug-likeness (QED) is 0.759. The third-order valence-electron chi connectivity index (χ3n) is 4.87. The van der Waals surface area contributed by atoms with Crippen molar-refractivity contribution in [1.29, 1.82) is 0 Å². The van der Waals surface area contributed by atoms with Crippen LogP contribution in [0.4, 0.5) is 4.79 Å². The lowest BCUT2D eigenvalue weighted by Gasteiger charge is -2.23. The Morgan fingerprint density at radius 1 is 1.20 bits per heavy atom. The summed E-state index contributed by atoms with van der Waals surface area (Å²) in [4.78, 5) is 28.6. The molecule has 25 heavy (non-hydrogen) atoms. The number of benzene rings is 1. The number of hydrogen-bond acceptors (Lipinski definition) is 5. The SMILES string of the molecule is CCN(CC)CCN1C(=O)NC(C)(Cc2ccc3c(c2)OCO3)C1=O. The molecule has 1 atom stereocenters. The van der Waals surface area contributed by atoms with Crippen LogP contribution in [0.1, 0.15) is 26.3 Å². The van der Waals surface area contributed by atoms with Gasteiger partial charge in [-0.2, -0.15) is 0 Å². The van der Waals surface area contributed by atoms with Crippen LogP contribution in [0.25, 0.3) is 0 Å². The van der Waals surface area contributed by atoms with Crippen molar-refractivity contribution in [2.45, 2.75) is 32.7 Å². The number of likely N-dealkylation sites (N-methyl/N-ethyl adjacent to an activating group) is 1. The number of carbonyl (C=O) groups is 2. The Balaban J connectivity index is 1.69. The predicted octanol–water partition coefficient (Wildman–Crippen LogP) is 1.61. The van der Waals surface area contributed by atoms with Gasteiger partial charge in [0.05, 0.1) is 0 Å². The highest BCUT2D eigenvalue weighted by Crippen LogP contribution is 2.34. The summed E-state index contributed by atoms with van der Waals surface area (Å²) in [5, 5.41) is 2.85. The second-order valence-electron chi connectivity index (χ2n) is 6.61. The molecule has 2 heterocycles. The number of imide groups is 1. The van der Waals surface area contributed by atoms with Gasteiger partial charge in [0, 0.05) is 19.5 Å². The van der Waals surface area contributed by atoms with E-state index in [1.807, 2.05) is 18.2 Å². The smallest absolute Gasteiger partial charge is 0.325 e. The molecule has 0 aromatic heterocycles. The molecule has 7 heteroatoms. The summed E-state index contributed by atoms with van der Waals surface area (Å²) in [6, 6.07) is 5.28. The molecule has 1 saturated heterocycles. The summed E-state index contributed by atoms with van der Waals surface area (Å²) in [5.74, 6) is 1.20. The van der Waals surface area contributed by atoms with Crippen molar-refractivity contribution < 1.29 is 19.1 Å². The van der Waals surface area contributed by atoms with Crippen molar-refractivity contribution in [3.8, 4) is 11.5 Å². The van der Waals surface area contributed by atoms with E-state index < -0.39 is 5.54 Å². The monoisotopic (exact) mass is 347 g/mol. The van der Waals surface area contributed by atoms with Crippen LogP contribution in [0.2, 0.25) is 0 Å². The van der Waals surface area contributed by atoms with Crippen molar-refractivity contribution in [2.75, 3.05) is 33.0 Å². The molecule has 0 bridgehead atoms. The van der Waals surface area contributed by atoms with Crippen molar-refractivity contribution in [1.82, 2.24) is 15.1 Å². The fourth-order valence-corrected chi connectivity index (χ4v) is 3.31. The van der Waals surface area contributed by atoms with Crippen LogP contribution in [0.3, 0.4) is 0 Å². The zero-order chi connectivity index (χ0) is 18.0. The van der Waals surface area contributed by atoms with Crippen molar-refractivity contribution in [2.24, 2.45) is 0 Å². The highest BCUT2D eigenvalue weighted by Gasteiger charge is 2.47. The van der Waals surface area contributed by atoms with Gasteiger partial charge < -0.3 is 19.7 Å². The molecule has 1 unspecified atom stereocenters. The maximum atomic E-state index is 12.8. The van der Waals surface area contributed by atoms with Gasteiger partial charge in [-0.15, -0.1) is 0 Å². The number of fused-ring (bicyclic) bond motifs is 1. The van der Waals surface area contributed by atoms with Gasteiger partial charge in [-0.1, -0.05) is 19.9 Å². The molecule has 3 amide bonds. The second-order valence-corrected chi connectivity index (χ2v) is 6.61.